The Morgan fingerprint density at radius 3 is 2.65 bits per heavy atom. The van der Waals surface area contributed by atoms with Gasteiger partial charge in [0.2, 0.25) is 0 Å². The maximum atomic E-state index is 11.9. The standard InChI is InChI=1S/C15H13BrN2O2/c1-10(13-7-2-3-8-14(13)16)17-18-15(20)11-5-4-6-12(19)9-11/h2-9,19H,1H3,(H,18,20)/b17-10-. The Labute approximate surface area is 125 Å². The fourth-order valence-corrected chi connectivity index (χ4v) is 2.23. The number of rotatable bonds is 3. The average molecular weight is 333 g/mol. The van der Waals surface area contributed by atoms with Crippen molar-refractivity contribution in [2.75, 3.05) is 0 Å². The van der Waals surface area contributed by atoms with E-state index in [1.165, 1.54) is 12.1 Å². The fourth-order valence-electron chi connectivity index (χ4n) is 1.66. The van der Waals surface area contributed by atoms with Crippen molar-refractivity contribution in [3.8, 4) is 5.75 Å². The monoisotopic (exact) mass is 332 g/mol. The first-order valence-corrected chi connectivity index (χ1v) is 6.76. The molecule has 2 aromatic carbocycles. The molecule has 0 atom stereocenters. The van der Waals surface area contributed by atoms with E-state index in [0.717, 1.165) is 10.0 Å². The van der Waals surface area contributed by atoms with Crippen molar-refractivity contribution >= 4 is 27.5 Å². The van der Waals surface area contributed by atoms with Gasteiger partial charge in [-0.3, -0.25) is 4.79 Å². The van der Waals surface area contributed by atoms with Gasteiger partial charge in [-0.05, 0) is 31.2 Å². The molecule has 2 aromatic rings. The lowest BCUT2D eigenvalue weighted by Gasteiger charge is -2.05. The maximum Gasteiger partial charge on any atom is 0.271 e. The molecule has 0 heterocycles. The van der Waals surface area contributed by atoms with Crippen LogP contribution in [0, 0.1) is 0 Å². The number of halogens is 1. The molecule has 2 rings (SSSR count). The highest BCUT2D eigenvalue weighted by molar-refractivity contribution is 9.10. The lowest BCUT2D eigenvalue weighted by molar-refractivity contribution is 0.0954. The van der Waals surface area contributed by atoms with Crippen LogP contribution in [-0.2, 0) is 0 Å². The molecule has 20 heavy (non-hydrogen) atoms. The first kappa shape index (κ1) is 14.3. The smallest absolute Gasteiger partial charge is 0.271 e. The third-order valence-corrected chi connectivity index (χ3v) is 3.39. The number of nitrogens with one attached hydrogen (secondary N) is 1. The van der Waals surface area contributed by atoms with Gasteiger partial charge in [-0.15, -0.1) is 0 Å². The van der Waals surface area contributed by atoms with E-state index in [9.17, 15) is 9.90 Å². The number of phenolic OH excluding ortho intramolecular Hbond substituents is 1. The van der Waals surface area contributed by atoms with Crippen LogP contribution >= 0.6 is 15.9 Å². The number of hydrogen-bond acceptors (Lipinski definition) is 3. The number of amides is 1. The van der Waals surface area contributed by atoms with E-state index in [-0.39, 0.29) is 11.7 Å². The second kappa shape index (κ2) is 6.34. The molecule has 0 aliphatic heterocycles. The van der Waals surface area contributed by atoms with Crippen LogP contribution in [0.2, 0.25) is 0 Å². The van der Waals surface area contributed by atoms with Gasteiger partial charge in [0.1, 0.15) is 5.75 Å². The normalized spacial score (nSPS) is 11.2. The van der Waals surface area contributed by atoms with Crippen LogP contribution in [0.3, 0.4) is 0 Å². The summed E-state index contributed by atoms with van der Waals surface area (Å²) < 4.78 is 0.910. The van der Waals surface area contributed by atoms with Gasteiger partial charge in [-0.2, -0.15) is 5.10 Å². The van der Waals surface area contributed by atoms with Crippen molar-refractivity contribution in [1.29, 1.82) is 0 Å². The number of benzene rings is 2. The Hall–Kier alpha value is -2.14. The molecule has 1 amide bonds. The number of hydrogen-bond donors (Lipinski definition) is 2. The van der Waals surface area contributed by atoms with E-state index in [4.69, 9.17) is 0 Å². The van der Waals surface area contributed by atoms with Gasteiger partial charge in [0.15, 0.2) is 0 Å². The summed E-state index contributed by atoms with van der Waals surface area (Å²) in [6, 6.07) is 13.7. The average Bonchev–Trinajstić information content (AvgIpc) is 2.45. The lowest BCUT2D eigenvalue weighted by atomic mass is 10.1. The summed E-state index contributed by atoms with van der Waals surface area (Å²) in [5, 5.41) is 13.4. The third-order valence-electron chi connectivity index (χ3n) is 2.70. The zero-order chi connectivity index (χ0) is 14.5. The van der Waals surface area contributed by atoms with E-state index in [1.54, 1.807) is 12.1 Å². The number of nitrogens with zero attached hydrogens (tertiary/aromatic N) is 1. The zero-order valence-electron chi connectivity index (χ0n) is 10.8. The Morgan fingerprint density at radius 2 is 1.95 bits per heavy atom. The van der Waals surface area contributed by atoms with Crippen LogP contribution in [0.5, 0.6) is 5.75 Å². The van der Waals surface area contributed by atoms with Crippen LogP contribution in [0.25, 0.3) is 0 Å². The van der Waals surface area contributed by atoms with E-state index < -0.39 is 0 Å². The van der Waals surface area contributed by atoms with Crippen molar-refractivity contribution < 1.29 is 9.90 Å². The molecular weight excluding hydrogens is 320 g/mol. The van der Waals surface area contributed by atoms with Gasteiger partial charge < -0.3 is 5.11 Å². The van der Waals surface area contributed by atoms with Gasteiger partial charge in [0, 0.05) is 15.6 Å². The van der Waals surface area contributed by atoms with Crippen molar-refractivity contribution in [1.82, 2.24) is 5.43 Å². The minimum absolute atomic E-state index is 0.0455. The van der Waals surface area contributed by atoms with Gasteiger partial charge >= 0.3 is 0 Å². The predicted octanol–water partition coefficient (Wildman–Crippen LogP) is 3.31. The largest absolute Gasteiger partial charge is 0.508 e. The second-order valence-corrected chi connectivity index (χ2v) is 5.02. The fraction of sp³-hybridized carbons (Fsp3) is 0.0667. The quantitative estimate of drug-likeness (QED) is 0.669. The number of carbonyl (C=O) groups excluding carboxylic acids is 1. The molecular formula is C15H13BrN2O2. The minimum atomic E-state index is -0.368. The molecule has 0 spiro atoms. The first-order chi connectivity index (χ1) is 9.58. The first-order valence-electron chi connectivity index (χ1n) is 5.96. The Morgan fingerprint density at radius 1 is 1.20 bits per heavy atom. The van der Waals surface area contributed by atoms with Crippen molar-refractivity contribution in [2.45, 2.75) is 6.92 Å². The van der Waals surface area contributed by atoms with Crippen molar-refractivity contribution in [3.63, 3.8) is 0 Å². The maximum absolute atomic E-state index is 11.9. The van der Waals surface area contributed by atoms with E-state index in [2.05, 4.69) is 26.5 Å². The van der Waals surface area contributed by atoms with Crippen LogP contribution in [0.1, 0.15) is 22.8 Å². The number of aromatic hydroxyl groups is 1. The molecule has 4 nitrogen and oxygen atoms in total. The van der Waals surface area contributed by atoms with Gasteiger partial charge in [-0.1, -0.05) is 40.2 Å². The summed E-state index contributed by atoms with van der Waals surface area (Å²) in [6.07, 6.45) is 0. The second-order valence-electron chi connectivity index (χ2n) is 4.17. The molecule has 0 saturated carbocycles. The van der Waals surface area contributed by atoms with Crippen LogP contribution < -0.4 is 5.43 Å². The molecule has 0 aliphatic rings. The summed E-state index contributed by atoms with van der Waals surface area (Å²) in [5.41, 5.74) is 4.42. The molecule has 0 aromatic heterocycles. The molecule has 0 bridgehead atoms. The van der Waals surface area contributed by atoms with E-state index >= 15 is 0 Å². The van der Waals surface area contributed by atoms with Crippen LogP contribution in [-0.4, -0.2) is 16.7 Å². The topological polar surface area (TPSA) is 61.7 Å². The summed E-state index contributed by atoms with van der Waals surface area (Å²) in [6.45, 7) is 1.81. The van der Waals surface area contributed by atoms with Crippen molar-refractivity contribution in [3.05, 3.63) is 64.1 Å². The summed E-state index contributed by atoms with van der Waals surface area (Å²) in [7, 11) is 0. The van der Waals surface area contributed by atoms with Crippen molar-refractivity contribution in [2.24, 2.45) is 5.10 Å². The third kappa shape index (κ3) is 3.45. The minimum Gasteiger partial charge on any atom is -0.508 e. The molecule has 102 valence electrons. The molecule has 5 heteroatoms. The summed E-state index contributed by atoms with van der Waals surface area (Å²) in [5.74, 6) is -0.323. The Balaban J connectivity index is 2.13. The van der Waals surface area contributed by atoms with E-state index in [0.29, 0.717) is 11.3 Å². The molecule has 0 radical (unpaired) electrons. The summed E-state index contributed by atoms with van der Waals surface area (Å²) >= 11 is 3.43. The molecule has 0 fully saturated rings. The highest BCUT2D eigenvalue weighted by Crippen LogP contribution is 2.16. The van der Waals surface area contributed by atoms with Gasteiger partial charge in [-0.25, -0.2) is 5.43 Å². The van der Waals surface area contributed by atoms with E-state index in [1.807, 2.05) is 31.2 Å². The van der Waals surface area contributed by atoms with Gasteiger partial charge in [0.25, 0.3) is 5.91 Å². The number of phenols is 1. The van der Waals surface area contributed by atoms with Crippen LogP contribution in [0.15, 0.2) is 58.1 Å². The highest BCUT2D eigenvalue weighted by atomic mass is 79.9. The molecule has 0 unspecified atom stereocenters. The summed E-state index contributed by atoms with van der Waals surface area (Å²) in [4.78, 5) is 11.9. The number of hydrazone groups is 1. The SMILES string of the molecule is C/C(=N/NC(=O)c1cccc(O)c1)c1ccccc1Br. The molecule has 0 saturated heterocycles. The Kier molecular flexibility index (Phi) is 4.53. The molecule has 0 aliphatic carbocycles. The highest BCUT2D eigenvalue weighted by Gasteiger charge is 2.06. The van der Waals surface area contributed by atoms with Gasteiger partial charge in [0.05, 0.1) is 5.71 Å². The lowest BCUT2D eigenvalue weighted by Crippen LogP contribution is -2.19. The predicted molar refractivity (Wildman–Crippen MR) is 81.9 cm³/mol. The zero-order valence-corrected chi connectivity index (χ0v) is 12.4. The Bertz CT molecular complexity index is 668. The van der Waals surface area contributed by atoms with Crippen LogP contribution in [0.4, 0.5) is 0 Å². The number of carbonyl (C=O) groups is 1. The molecule has 2 N–H and O–H groups in total.